The molecule has 0 aliphatic carbocycles. The number of carbonyl (C=O) groups excluding carboxylic acids is 1. The van der Waals surface area contributed by atoms with Gasteiger partial charge in [0.1, 0.15) is 18.2 Å². The lowest BCUT2D eigenvalue weighted by Gasteiger charge is -2.37. The zero-order valence-corrected chi connectivity index (χ0v) is 22.3. The molecule has 2 aliphatic heterocycles. The molecule has 12 heteroatoms. The van der Waals surface area contributed by atoms with E-state index in [9.17, 15) is 4.79 Å². The Morgan fingerprint density at radius 1 is 1.05 bits per heavy atom. The van der Waals surface area contributed by atoms with E-state index in [2.05, 4.69) is 30.0 Å². The third-order valence-electron chi connectivity index (χ3n) is 7.51. The normalized spacial score (nSPS) is 16.3. The quantitative estimate of drug-likeness (QED) is 0.316. The Kier molecular flexibility index (Phi) is 6.99. The average Bonchev–Trinajstić information content (AvgIpc) is 3.38. The highest BCUT2D eigenvalue weighted by Gasteiger charge is 2.25. The number of methoxy groups -OCH3 is 1. The maximum absolute atomic E-state index is 12.4. The SMILES string of the molecule is COc1cncnc1N1CCN(c2cc(-c3cc(OC4CCOCC4)c4c(N)n[nH]c4c3)ccc2C(N)=O)CC1. The lowest BCUT2D eigenvalue weighted by molar-refractivity contribution is 0.0262. The molecule has 1 amide bonds. The van der Waals surface area contributed by atoms with Gasteiger partial charge in [0.2, 0.25) is 0 Å². The molecule has 0 bridgehead atoms. The fourth-order valence-electron chi connectivity index (χ4n) is 5.41. The predicted octanol–water partition coefficient (Wildman–Crippen LogP) is 2.59. The first-order chi connectivity index (χ1) is 19.5. The third kappa shape index (κ3) is 4.93. The molecule has 208 valence electrons. The van der Waals surface area contributed by atoms with E-state index in [-0.39, 0.29) is 6.10 Å². The van der Waals surface area contributed by atoms with Crippen LogP contribution >= 0.6 is 0 Å². The Morgan fingerprint density at radius 3 is 2.58 bits per heavy atom. The summed E-state index contributed by atoms with van der Waals surface area (Å²) in [6.45, 7) is 4.07. The molecule has 0 radical (unpaired) electrons. The maximum Gasteiger partial charge on any atom is 0.250 e. The van der Waals surface area contributed by atoms with Gasteiger partial charge >= 0.3 is 0 Å². The number of nitrogens with zero attached hydrogens (tertiary/aromatic N) is 5. The van der Waals surface area contributed by atoms with E-state index >= 15 is 0 Å². The van der Waals surface area contributed by atoms with Gasteiger partial charge in [-0.3, -0.25) is 9.89 Å². The molecule has 6 rings (SSSR count). The first-order valence-corrected chi connectivity index (χ1v) is 13.3. The summed E-state index contributed by atoms with van der Waals surface area (Å²) < 4.78 is 17.4. The topological polar surface area (TPSA) is 158 Å². The Labute approximate surface area is 231 Å². The van der Waals surface area contributed by atoms with Crippen molar-refractivity contribution in [3.05, 3.63) is 48.4 Å². The predicted molar refractivity (Wildman–Crippen MR) is 152 cm³/mol. The molecule has 0 unspecified atom stereocenters. The first-order valence-electron chi connectivity index (χ1n) is 13.3. The van der Waals surface area contributed by atoms with Gasteiger partial charge in [-0.25, -0.2) is 9.97 Å². The minimum Gasteiger partial charge on any atom is -0.491 e. The van der Waals surface area contributed by atoms with E-state index in [0.717, 1.165) is 46.4 Å². The van der Waals surface area contributed by atoms with E-state index in [4.69, 9.17) is 25.7 Å². The number of fused-ring (bicyclic) bond motifs is 1. The van der Waals surface area contributed by atoms with Crippen molar-refractivity contribution in [1.82, 2.24) is 20.2 Å². The molecule has 2 aromatic heterocycles. The summed E-state index contributed by atoms with van der Waals surface area (Å²) in [5.74, 6) is 1.99. The molecule has 4 heterocycles. The van der Waals surface area contributed by atoms with Gasteiger partial charge in [-0.15, -0.1) is 0 Å². The fraction of sp³-hybridized carbons (Fsp3) is 0.357. The number of benzene rings is 2. The minimum absolute atomic E-state index is 0.0408. The van der Waals surface area contributed by atoms with Gasteiger partial charge in [0.25, 0.3) is 5.91 Å². The number of nitrogen functional groups attached to an aromatic ring is 1. The average molecular weight is 545 g/mol. The van der Waals surface area contributed by atoms with Crippen LogP contribution in [0.1, 0.15) is 23.2 Å². The van der Waals surface area contributed by atoms with Crippen LogP contribution in [0.3, 0.4) is 0 Å². The number of rotatable bonds is 7. The molecule has 12 nitrogen and oxygen atoms in total. The molecule has 2 saturated heterocycles. The van der Waals surface area contributed by atoms with Crippen molar-refractivity contribution in [3.8, 4) is 22.6 Å². The van der Waals surface area contributed by atoms with E-state index in [1.54, 1.807) is 19.4 Å². The molecule has 2 aliphatic rings. The molecule has 0 spiro atoms. The number of ether oxygens (including phenoxy) is 3. The number of nitrogens with two attached hydrogens (primary N) is 2. The number of hydrogen-bond donors (Lipinski definition) is 3. The molecular weight excluding hydrogens is 512 g/mol. The van der Waals surface area contributed by atoms with Crippen LogP contribution in [0, 0.1) is 0 Å². The number of aromatic amines is 1. The van der Waals surface area contributed by atoms with Crippen molar-refractivity contribution in [2.75, 3.05) is 62.0 Å². The van der Waals surface area contributed by atoms with Crippen LogP contribution < -0.4 is 30.7 Å². The molecule has 2 aromatic carbocycles. The van der Waals surface area contributed by atoms with Crippen molar-refractivity contribution in [2.45, 2.75) is 18.9 Å². The second-order valence-corrected chi connectivity index (χ2v) is 9.92. The highest BCUT2D eigenvalue weighted by atomic mass is 16.5. The molecule has 0 saturated carbocycles. The Hall–Kier alpha value is -4.58. The number of nitrogens with one attached hydrogen (secondary N) is 1. The van der Waals surface area contributed by atoms with E-state index < -0.39 is 5.91 Å². The highest BCUT2D eigenvalue weighted by molar-refractivity contribution is 6.01. The second kappa shape index (κ2) is 10.9. The van der Waals surface area contributed by atoms with Crippen LogP contribution in [0.4, 0.5) is 17.3 Å². The third-order valence-corrected chi connectivity index (χ3v) is 7.51. The summed E-state index contributed by atoms with van der Waals surface area (Å²) in [4.78, 5) is 25.2. The number of primary amides is 1. The zero-order valence-electron chi connectivity index (χ0n) is 22.3. The standard InChI is InChI=1S/C28H32N8O4/c1-38-24-15-31-16-32-28(24)36-8-6-35(7-9-36)22-13-17(2-3-20(22)27(30)37)18-12-21-25(26(29)34-33-21)23(14-18)40-19-4-10-39-11-5-19/h2-3,12-16,19H,4-11H2,1H3,(H2,30,37)(H3,29,33,34). The number of hydrogen-bond acceptors (Lipinski definition) is 10. The van der Waals surface area contributed by atoms with Crippen LogP contribution in [0.25, 0.3) is 22.0 Å². The zero-order chi connectivity index (χ0) is 27.6. The monoisotopic (exact) mass is 544 g/mol. The van der Waals surface area contributed by atoms with E-state index in [1.807, 2.05) is 24.3 Å². The number of anilines is 3. The van der Waals surface area contributed by atoms with Gasteiger partial charge < -0.3 is 35.5 Å². The van der Waals surface area contributed by atoms with Crippen LogP contribution in [-0.2, 0) is 4.74 Å². The summed E-state index contributed by atoms with van der Waals surface area (Å²) in [5.41, 5.74) is 15.9. The van der Waals surface area contributed by atoms with E-state index in [0.29, 0.717) is 62.3 Å². The molecule has 0 atom stereocenters. The Morgan fingerprint density at radius 2 is 1.82 bits per heavy atom. The molecular formula is C28H32N8O4. The lowest BCUT2D eigenvalue weighted by atomic mass is 9.99. The van der Waals surface area contributed by atoms with Crippen LogP contribution in [-0.4, -0.2) is 78.7 Å². The van der Waals surface area contributed by atoms with E-state index in [1.165, 1.54) is 6.33 Å². The Bertz CT molecular complexity index is 1530. The fourth-order valence-corrected chi connectivity index (χ4v) is 5.41. The lowest BCUT2D eigenvalue weighted by Crippen LogP contribution is -2.47. The van der Waals surface area contributed by atoms with Gasteiger partial charge in [-0.1, -0.05) is 6.07 Å². The molecule has 4 aromatic rings. The van der Waals surface area contributed by atoms with Crippen molar-refractivity contribution >= 4 is 34.1 Å². The second-order valence-electron chi connectivity index (χ2n) is 9.92. The van der Waals surface area contributed by atoms with Crippen molar-refractivity contribution in [3.63, 3.8) is 0 Å². The largest absolute Gasteiger partial charge is 0.491 e. The summed E-state index contributed by atoms with van der Waals surface area (Å²) in [5, 5.41) is 8.00. The van der Waals surface area contributed by atoms with Gasteiger partial charge in [0, 0.05) is 39.0 Å². The summed E-state index contributed by atoms with van der Waals surface area (Å²) in [6.07, 6.45) is 4.84. The molecule has 40 heavy (non-hydrogen) atoms. The van der Waals surface area contributed by atoms with Crippen molar-refractivity contribution in [1.29, 1.82) is 0 Å². The van der Waals surface area contributed by atoms with Gasteiger partial charge in [0.05, 0.1) is 48.7 Å². The van der Waals surface area contributed by atoms with Crippen molar-refractivity contribution < 1.29 is 19.0 Å². The smallest absolute Gasteiger partial charge is 0.250 e. The number of H-pyrrole nitrogens is 1. The van der Waals surface area contributed by atoms with Gasteiger partial charge in [-0.2, -0.15) is 5.10 Å². The first kappa shape index (κ1) is 25.7. The number of amides is 1. The van der Waals surface area contributed by atoms with Gasteiger partial charge in [0.15, 0.2) is 17.4 Å². The molecule has 5 N–H and O–H groups in total. The summed E-state index contributed by atoms with van der Waals surface area (Å²) in [7, 11) is 1.61. The number of piperazine rings is 1. The number of carbonyl (C=O) groups is 1. The van der Waals surface area contributed by atoms with Crippen LogP contribution in [0.5, 0.6) is 11.5 Å². The van der Waals surface area contributed by atoms with Crippen LogP contribution in [0.15, 0.2) is 42.9 Å². The maximum atomic E-state index is 12.4. The number of aromatic nitrogens is 4. The summed E-state index contributed by atoms with van der Waals surface area (Å²) in [6, 6.07) is 9.70. The minimum atomic E-state index is -0.471. The molecule has 2 fully saturated rings. The van der Waals surface area contributed by atoms with Crippen molar-refractivity contribution in [2.24, 2.45) is 5.73 Å². The Balaban J connectivity index is 1.31. The highest BCUT2D eigenvalue weighted by Crippen LogP contribution is 2.38. The summed E-state index contributed by atoms with van der Waals surface area (Å²) >= 11 is 0. The van der Waals surface area contributed by atoms with Gasteiger partial charge in [-0.05, 0) is 35.4 Å². The van der Waals surface area contributed by atoms with Crippen LogP contribution in [0.2, 0.25) is 0 Å².